The number of nitrogens with one attached hydrogen (secondary N) is 4. The third-order valence-corrected chi connectivity index (χ3v) is 2.02. The van der Waals surface area contributed by atoms with E-state index in [1.165, 1.54) is 0 Å². The Kier molecular flexibility index (Phi) is 25.1. The Hall–Kier alpha value is -2.25. The molecule has 0 rings (SSSR count). The van der Waals surface area contributed by atoms with E-state index in [2.05, 4.69) is 68.4 Å². The molecule has 8 heteroatoms. The van der Waals surface area contributed by atoms with Crippen LogP contribution >= 0.6 is 0 Å². The summed E-state index contributed by atoms with van der Waals surface area (Å²) in [7, 11) is 0. The van der Waals surface area contributed by atoms with Crippen LogP contribution in [-0.2, 0) is 0 Å². The Morgan fingerprint density at radius 3 is 0.821 bits per heavy atom. The van der Waals surface area contributed by atoms with Crippen molar-refractivity contribution < 1.29 is 15.0 Å². The molecule has 0 spiro atoms. The molecule has 0 bridgehead atoms. The van der Waals surface area contributed by atoms with E-state index in [4.69, 9.17) is 22.9 Å². The van der Waals surface area contributed by atoms with Crippen LogP contribution in [-0.4, -0.2) is 41.7 Å². The minimum atomic E-state index is 0.400. The molecule has 168 valence electrons. The Balaban J connectivity index is -0.000000137. The predicted octanol–water partition coefficient (Wildman–Crippen LogP) is -3.03. The van der Waals surface area contributed by atoms with Crippen molar-refractivity contribution in [3.05, 3.63) is 12.4 Å². The number of nitrogens with two attached hydrogens (primary N) is 4. The summed E-state index contributed by atoms with van der Waals surface area (Å²) < 4.78 is 0. The lowest BCUT2D eigenvalue weighted by molar-refractivity contribution is -0.495. The molecule has 0 aromatic heterocycles. The van der Waals surface area contributed by atoms with Gasteiger partial charge in [0.25, 0.3) is 0 Å². The van der Waals surface area contributed by atoms with Gasteiger partial charge in [0.1, 0.15) is 0 Å². The molecule has 0 fully saturated rings. The van der Waals surface area contributed by atoms with Gasteiger partial charge in [-0.15, -0.1) is 0 Å². The third kappa shape index (κ3) is 65.0. The van der Waals surface area contributed by atoms with E-state index in [0.29, 0.717) is 30.0 Å². The predicted molar refractivity (Wildman–Crippen MR) is 125 cm³/mol. The zero-order chi connectivity index (χ0) is 23.4. The summed E-state index contributed by atoms with van der Waals surface area (Å²) in [4.78, 5) is 9.00. The summed E-state index contributed by atoms with van der Waals surface area (Å²) in [5.41, 5.74) is 21.1. The number of amidine groups is 3. The number of hydrogen-bond donors (Lipinski definition) is 8. The van der Waals surface area contributed by atoms with Gasteiger partial charge in [-0.05, 0) is 55.4 Å². The first-order valence-corrected chi connectivity index (χ1v) is 9.78. The highest BCUT2D eigenvalue weighted by atomic mass is 15.0. The average Bonchev–Trinajstić information content (AvgIpc) is 2.32. The smallest absolute Gasteiger partial charge is 0.237 e. The molecule has 0 atom stereocenters. The van der Waals surface area contributed by atoms with Crippen molar-refractivity contribution in [2.24, 2.45) is 22.9 Å². The zero-order valence-electron chi connectivity index (χ0n) is 20.3. The van der Waals surface area contributed by atoms with E-state index in [0.717, 1.165) is 17.5 Å². The highest BCUT2D eigenvalue weighted by molar-refractivity contribution is 5.71. The second-order valence-corrected chi connectivity index (χ2v) is 7.77. The van der Waals surface area contributed by atoms with Crippen LogP contribution in [0.4, 0.5) is 0 Å². The molecule has 0 unspecified atom stereocenters. The van der Waals surface area contributed by atoms with Crippen molar-refractivity contribution in [2.45, 2.75) is 100 Å². The lowest BCUT2D eigenvalue weighted by Crippen LogP contribution is -2.79. The minimum absolute atomic E-state index is 0.400. The fourth-order valence-corrected chi connectivity index (χ4v) is 1.74. The topological polar surface area (TPSA) is 158 Å². The van der Waals surface area contributed by atoms with Crippen LogP contribution in [0.2, 0.25) is 0 Å². The third-order valence-electron chi connectivity index (χ3n) is 2.02. The fourth-order valence-electron chi connectivity index (χ4n) is 1.74. The van der Waals surface area contributed by atoms with Crippen molar-refractivity contribution in [1.29, 1.82) is 0 Å². The molecule has 0 aromatic rings. The van der Waals surface area contributed by atoms with Crippen molar-refractivity contribution in [2.75, 3.05) is 0 Å². The lowest BCUT2D eigenvalue weighted by Gasteiger charge is -2.06. The SMILES string of the molecule is C=C(N)NC(C)C.CC(N)=[NH+]C(C)C.CC(N)=[NH+]C(C)C.CC(N)=[NH+]C(C)C. The second-order valence-electron chi connectivity index (χ2n) is 7.77. The van der Waals surface area contributed by atoms with Crippen LogP contribution < -0.4 is 43.2 Å². The molecule has 0 aromatic carbocycles. The first-order chi connectivity index (χ1) is 12.5. The molecule has 8 nitrogen and oxygen atoms in total. The lowest BCUT2D eigenvalue weighted by atomic mass is 10.4. The Morgan fingerprint density at radius 2 is 0.821 bits per heavy atom. The summed E-state index contributed by atoms with van der Waals surface area (Å²) in [6, 6.07) is 1.79. The van der Waals surface area contributed by atoms with Crippen LogP contribution in [0.3, 0.4) is 0 Å². The van der Waals surface area contributed by atoms with E-state index >= 15 is 0 Å². The zero-order valence-corrected chi connectivity index (χ0v) is 20.3. The van der Waals surface area contributed by atoms with Crippen LogP contribution in [0.5, 0.6) is 0 Å². The normalized spacial score (nSPS) is 11.9. The van der Waals surface area contributed by atoms with Crippen molar-refractivity contribution >= 4 is 17.5 Å². The summed E-state index contributed by atoms with van der Waals surface area (Å²) >= 11 is 0. The van der Waals surface area contributed by atoms with Crippen LogP contribution in [0.15, 0.2) is 12.4 Å². The van der Waals surface area contributed by atoms with Crippen LogP contribution in [0, 0.1) is 0 Å². The van der Waals surface area contributed by atoms with Gasteiger partial charge in [-0.1, -0.05) is 6.58 Å². The van der Waals surface area contributed by atoms with Crippen LogP contribution in [0.1, 0.15) is 76.2 Å². The monoisotopic (exact) mass is 403 g/mol. The molecular formula is C20H51N8+3. The first-order valence-electron chi connectivity index (χ1n) is 9.78. The summed E-state index contributed by atoms with van der Waals surface area (Å²) in [5, 5.41) is 2.89. The van der Waals surface area contributed by atoms with Gasteiger partial charge in [0.05, 0.1) is 23.9 Å². The molecule has 0 aliphatic rings. The van der Waals surface area contributed by atoms with E-state index in [1.807, 2.05) is 34.6 Å². The summed E-state index contributed by atoms with van der Waals surface area (Å²) in [6.07, 6.45) is 0. The molecule has 0 saturated carbocycles. The van der Waals surface area contributed by atoms with Gasteiger partial charge in [0.2, 0.25) is 17.5 Å². The molecular weight excluding hydrogens is 352 g/mol. The summed E-state index contributed by atoms with van der Waals surface area (Å²) in [6.45, 7) is 25.3. The quantitative estimate of drug-likeness (QED) is 0.181. The summed E-state index contributed by atoms with van der Waals surface area (Å²) in [5.74, 6) is 2.90. The van der Waals surface area contributed by atoms with Gasteiger partial charge < -0.3 is 11.1 Å². The van der Waals surface area contributed by atoms with Crippen molar-refractivity contribution in [3.8, 4) is 0 Å². The molecule has 0 heterocycles. The van der Waals surface area contributed by atoms with E-state index < -0.39 is 0 Å². The van der Waals surface area contributed by atoms with E-state index in [1.54, 1.807) is 0 Å². The molecule has 0 aliphatic carbocycles. The average molecular weight is 404 g/mol. The van der Waals surface area contributed by atoms with Gasteiger partial charge in [-0.25, -0.2) is 0 Å². The van der Waals surface area contributed by atoms with Gasteiger partial charge in [0, 0.05) is 26.8 Å². The number of hydrogen-bond acceptors (Lipinski definition) is 2. The molecule has 0 radical (unpaired) electrons. The van der Waals surface area contributed by atoms with E-state index in [-0.39, 0.29) is 0 Å². The fraction of sp³-hybridized carbons (Fsp3) is 0.750. The number of rotatable bonds is 5. The maximum Gasteiger partial charge on any atom is 0.237 e. The molecule has 0 amide bonds. The first kappa shape index (κ1) is 33.3. The Labute approximate surface area is 174 Å². The Morgan fingerprint density at radius 1 is 0.607 bits per heavy atom. The second kappa shape index (κ2) is 21.1. The minimum Gasteiger partial charge on any atom is -0.386 e. The molecule has 12 N–H and O–H groups in total. The molecule has 0 aliphatic heterocycles. The highest BCUT2D eigenvalue weighted by Crippen LogP contribution is 1.76. The van der Waals surface area contributed by atoms with Gasteiger partial charge in [-0.2, -0.15) is 0 Å². The van der Waals surface area contributed by atoms with Gasteiger partial charge in [0.15, 0.2) is 0 Å². The Bertz CT molecular complexity index is 397. The highest BCUT2D eigenvalue weighted by Gasteiger charge is 1.89. The maximum atomic E-state index is 5.30. The maximum absolute atomic E-state index is 5.30. The van der Waals surface area contributed by atoms with Crippen molar-refractivity contribution in [3.63, 3.8) is 0 Å². The van der Waals surface area contributed by atoms with Gasteiger partial charge >= 0.3 is 0 Å². The van der Waals surface area contributed by atoms with Gasteiger partial charge in [-0.3, -0.25) is 32.2 Å². The molecule has 0 saturated heterocycles. The van der Waals surface area contributed by atoms with E-state index in [9.17, 15) is 0 Å². The standard InChI is InChI=1S/4C5H12N2/c4*1-4(2)7-5(3)6/h3*4H,1-3H3,(H2,6,7);4,7H,3,6H2,1-2H3/p+3. The van der Waals surface area contributed by atoms with Crippen molar-refractivity contribution in [1.82, 2.24) is 5.32 Å². The van der Waals surface area contributed by atoms with Crippen LogP contribution in [0.25, 0.3) is 0 Å². The largest absolute Gasteiger partial charge is 0.386 e. The molecule has 28 heavy (non-hydrogen) atoms.